The van der Waals surface area contributed by atoms with E-state index in [9.17, 15) is 0 Å². The van der Waals surface area contributed by atoms with Crippen molar-refractivity contribution < 1.29 is 4.74 Å². The Balaban J connectivity index is 1.88. The van der Waals surface area contributed by atoms with Crippen LogP contribution in [0.3, 0.4) is 0 Å². The highest BCUT2D eigenvalue weighted by molar-refractivity contribution is 5.30. The minimum absolute atomic E-state index is 0.322. The van der Waals surface area contributed by atoms with Crippen LogP contribution in [-0.4, -0.2) is 22.3 Å². The third kappa shape index (κ3) is 1.53. The fourth-order valence-electron chi connectivity index (χ4n) is 2.58. The van der Waals surface area contributed by atoms with E-state index >= 15 is 0 Å². The van der Waals surface area contributed by atoms with Gasteiger partial charge in [0.15, 0.2) is 0 Å². The average molecular weight is 207 g/mol. The second-order valence-corrected chi connectivity index (χ2v) is 4.56. The smallest absolute Gasteiger partial charge is 0.237 e. The largest absolute Gasteiger partial charge is 0.471 e. The molecule has 2 N–H and O–H groups in total. The highest BCUT2D eigenvalue weighted by atomic mass is 16.5. The van der Waals surface area contributed by atoms with Gasteiger partial charge in [0, 0.05) is 18.3 Å². The second-order valence-electron chi connectivity index (χ2n) is 4.56. The highest BCUT2D eigenvalue weighted by Gasteiger charge is 2.31. The molecule has 0 aromatic carbocycles. The summed E-state index contributed by atoms with van der Waals surface area (Å²) in [5.74, 6) is 0.814. The van der Waals surface area contributed by atoms with Crippen molar-refractivity contribution in [2.24, 2.45) is 0 Å². The first-order valence-corrected chi connectivity index (χ1v) is 5.78. The summed E-state index contributed by atoms with van der Waals surface area (Å²) >= 11 is 0. The molecular weight excluding hydrogens is 190 g/mol. The molecule has 0 saturated heterocycles. The third-order valence-corrected chi connectivity index (χ3v) is 3.54. The van der Waals surface area contributed by atoms with Crippen LogP contribution in [0, 0.1) is 6.92 Å². The average Bonchev–Trinajstić information content (AvgIpc) is 2.51. The van der Waals surface area contributed by atoms with Gasteiger partial charge >= 0.3 is 0 Å². The summed E-state index contributed by atoms with van der Waals surface area (Å²) in [7, 11) is 0. The van der Waals surface area contributed by atoms with E-state index in [1.165, 1.54) is 24.8 Å². The van der Waals surface area contributed by atoms with Crippen LogP contribution in [0.2, 0.25) is 0 Å². The maximum absolute atomic E-state index is 5.98. The van der Waals surface area contributed by atoms with Crippen LogP contribution in [0.5, 0.6) is 5.88 Å². The van der Waals surface area contributed by atoms with Gasteiger partial charge in [-0.2, -0.15) is 0 Å². The number of aromatic nitrogens is 2. The lowest BCUT2D eigenvalue weighted by Gasteiger charge is -2.29. The summed E-state index contributed by atoms with van der Waals surface area (Å²) in [6.45, 7) is 2.94. The molecule has 82 valence electrons. The molecule has 1 aromatic rings. The summed E-state index contributed by atoms with van der Waals surface area (Å²) in [5.41, 5.74) is 2.32. The lowest BCUT2D eigenvalue weighted by atomic mass is 9.92. The zero-order valence-corrected chi connectivity index (χ0v) is 9.05. The standard InChI is InChI=1S/C11H17N3O/c1-7-8-6-12-9-4-2-3-5-10(9)15-11(8)14-13-7/h9-10,12H,2-6H2,1H3,(H,13,14)/t9-,10-/m1/s1. The fourth-order valence-corrected chi connectivity index (χ4v) is 2.58. The molecule has 4 nitrogen and oxygen atoms in total. The summed E-state index contributed by atoms with van der Waals surface area (Å²) < 4.78 is 5.98. The fraction of sp³-hybridized carbons (Fsp3) is 0.727. The molecule has 2 aliphatic rings. The van der Waals surface area contributed by atoms with Crippen molar-refractivity contribution in [2.75, 3.05) is 0 Å². The number of fused-ring (bicyclic) bond motifs is 2. The Morgan fingerprint density at radius 3 is 3.13 bits per heavy atom. The van der Waals surface area contributed by atoms with Crippen LogP contribution in [0.4, 0.5) is 0 Å². The Labute approximate surface area is 89.4 Å². The molecule has 2 heterocycles. The maximum Gasteiger partial charge on any atom is 0.237 e. The van der Waals surface area contributed by atoms with E-state index in [4.69, 9.17) is 4.74 Å². The molecule has 1 aromatic heterocycles. The molecule has 1 aliphatic carbocycles. The number of nitrogens with zero attached hydrogens (tertiary/aromatic N) is 1. The Hall–Kier alpha value is -1.03. The SMILES string of the molecule is Cc1[nH]nc2c1CN[C@@H]1CCCC[C@H]1O2. The van der Waals surface area contributed by atoms with Crippen LogP contribution < -0.4 is 10.1 Å². The zero-order valence-electron chi connectivity index (χ0n) is 9.05. The zero-order chi connectivity index (χ0) is 10.3. The van der Waals surface area contributed by atoms with E-state index < -0.39 is 0 Å². The van der Waals surface area contributed by atoms with Gasteiger partial charge in [0.2, 0.25) is 5.88 Å². The van der Waals surface area contributed by atoms with E-state index in [1.54, 1.807) is 0 Å². The number of nitrogens with one attached hydrogen (secondary N) is 2. The van der Waals surface area contributed by atoms with Gasteiger partial charge in [-0.05, 0) is 26.2 Å². The van der Waals surface area contributed by atoms with Crippen molar-refractivity contribution >= 4 is 0 Å². The molecule has 0 bridgehead atoms. The normalized spacial score (nSPS) is 29.9. The lowest BCUT2D eigenvalue weighted by Crippen LogP contribution is -2.43. The summed E-state index contributed by atoms with van der Waals surface area (Å²) in [4.78, 5) is 0. The van der Waals surface area contributed by atoms with Gasteiger partial charge < -0.3 is 10.1 Å². The van der Waals surface area contributed by atoms with Crippen LogP contribution in [0.25, 0.3) is 0 Å². The van der Waals surface area contributed by atoms with Crippen molar-refractivity contribution in [3.8, 4) is 5.88 Å². The van der Waals surface area contributed by atoms with Gasteiger partial charge in [-0.25, -0.2) is 0 Å². The van der Waals surface area contributed by atoms with E-state index in [-0.39, 0.29) is 0 Å². The Bertz CT molecular complexity index is 361. The molecule has 15 heavy (non-hydrogen) atoms. The second kappa shape index (κ2) is 3.52. The third-order valence-electron chi connectivity index (χ3n) is 3.54. The van der Waals surface area contributed by atoms with E-state index in [2.05, 4.69) is 15.5 Å². The minimum Gasteiger partial charge on any atom is -0.471 e. The number of aryl methyl sites for hydroxylation is 1. The molecule has 1 saturated carbocycles. The minimum atomic E-state index is 0.322. The van der Waals surface area contributed by atoms with Gasteiger partial charge in [-0.15, -0.1) is 5.10 Å². The van der Waals surface area contributed by atoms with Gasteiger partial charge in [-0.3, -0.25) is 5.10 Å². The number of H-pyrrole nitrogens is 1. The van der Waals surface area contributed by atoms with Gasteiger partial charge in [-0.1, -0.05) is 6.42 Å². The number of rotatable bonds is 0. The summed E-state index contributed by atoms with van der Waals surface area (Å²) in [6, 6.07) is 0.521. The first kappa shape index (κ1) is 9.21. The van der Waals surface area contributed by atoms with Gasteiger partial charge in [0.05, 0.1) is 5.56 Å². The molecule has 0 radical (unpaired) electrons. The van der Waals surface area contributed by atoms with E-state index in [0.29, 0.717) is 12.1 Å². The van der Waals surface area contributed by atoms with Gasteiger partial charge in [0.25, 0.3) is 0 Å². The molecule has 0 spiro atoms. The quantitative estimate of drug-likeness (QED) is 0.678. The predicted octanol–water partition coefficient (Wildman–Crippen LogP) is 1.51. The Kier molecular flexibility index (Phi) is 2.16. The highest BCUT2D eigenvalue weighted by Crippen LogP contribution is 2.29. The molecule has 4 heteroatoms. The van der Waals surface area contributed by atoms with Crippen LogP contribution in [0.15, 0.2) is 0 Å². The van der Waals surface area contributed by atoms with Crippen molar-refractivity contribution in [3.05, 3.63) is 11.3 Å². The molecule has 1 aliphatic heterocycles. The number of aromatic amines is 1. The number of hydrogen-bond acceptors (Lipinski definition) is 3. The number of ether oxygens (including phenoxy) is 1. The van der Waals surface area contributed by atoms with Crippen LogP contribution in [0.1, 0.15) is 36.9 Å². The predicted molar refractivity (Wildman–Crippen MR) is 56.8 cm³/mol. The maximum atomic E-state index is 5.98. The monoisotopic (exact) mass is 207 g/mol. The molecule has 2 atom stereocenters. The molecule has 0 unspecified atom stereocenters. The van der Waals surface area contributed by atoms with Crippen LogP contribution in [-0.2, 0) is 6.54 Å². The molecular formula is C11H17N3O. The summed E-state index contributed by atoms with van der Waals surface area (Å²) in [5, 5.41) is 10.8. The molecule has 1 fully saturated rings. The molecule has 3 rings (SSSR count). The van der Waals surface area contributed by atoms with Crippen molar-refractivity contribution in [3.63, 3.8) is 0 Å². The Morgan fingerprint density at radius 1 is 1.33 bits per heavy atom. The lowest BCUT2D eigenvalue weighted by molar-refractivity contribution is 0.117. The number of hydrogen-bond donors (Lipinski definition) is 2. The van der Waals surface area contributed by atoms with Crippen LogP contribution >= 0.6 is 0 Å². The van der Waals surface area contributed by atoms with Crippen molar-refractivity contribution in [2.45, 2.75) is 51.3 Å². The van der Waals surface area contributed by atoms with E-state index in [1.807, 2.05) is 6.92 Å². The van der Waals surface area contributed by atoms with Crippen molar-refractivity contribution in [1.82, 2.24) is 15.5 Å². The topological polar surface area (TPSA) is 49.9 Å². The molecule has 0 amide bonds. The summed E-state index contributed by atoms with van der Waals surface area (Å²) in [6.07, 6.45) is 5.31. The van der Waals surface area contributed by atoms with Crippen molar-refractivity contribution in [1.29, 1.82) is 0 Å². The van der Waals surface area contributed by atoms with E-state index in [0.717, 1.165) is 24.5 Å². The Morgan fingerprint density at radius 2 is 2.20 bits per heavy atom. The van der Waals surface area contributed by atoms with Gasteiger partial charge in [0.1, 0.15) is 6.10 Å². The first-order chi connectivity index (χ1) is 7.34. The first-order valence-electron chi connectivity index (χ1n) is 5.78.